The predicted molar refractivity (Wildman–Crippen MR) is 59.0 cm³/mol. The first-order chi connectivity index (χ1) is 6.23. The molecule has 0 aromatic heterocycles. The minimum Gasteiger partial charge on any atom is -0.319 e. The van der Waals surface area contributed by atoms with Gasteiger partial charge in [-0.25, -0.2) is 0 Å². The average molecular weight is 197 g/mol. The quantitative estimate of drug-likeness (QED) is 0.752. The number of carbonyl (C=O) groups is 1. The van der Waals surface area contributed by atoms with E-state index in [9.17, 15) is 4.79 Å². The summed E-state index contributed by atoms with van der Waals surface area (Å²) in [4.78, 5) is 11.9. The fourth-order valence-electron chi connectivity index (χ4n) is 1.67. The summed E-state index contributed by atoms with van der Waals surface area (Å²) in [6.07, 6.45) is 3.83. The van der Waals surface area contributed by atoms with E-state index in [0.717, 1.165) is 19.3 Å². The largest absolute Gasteiger partial charge is 0.319 e. The van der Waals surface area contributed by atoms with Gasteiger partial charge in [-0.1, -0.05) is 20.8 Å². The van der Waals surface area contributed by atoms with E-state index in [4.69, 9.17) is 5.73 Å². The van der Waals surface area contributed by atoms with Crippen LogP contribution < -0.4 is 5.73 Å². The van der Waals surface area contributed by atoms with Crippen LogP contribution in [0.4, 0.5) is 0 Å². The smallest absolute Gasteiger partial charge is 0.152 e. The van der Waals surface area contributed by atoms with E-state index in [2.05, 4.69) is 20.8 Å². The Morgan fingerprint density at radius 1 is 1.29 bits per heavy atom. The summed E-state index contributed by atoms with van der Waals surface area (Å²) in [5.74, 6) is 0.699. The molecule has 1 atom stereocenters. The number of ketones is 1. The van der Waals surface area contributed by atoms with Gasteiger partial charge in [-0.3, -0.25) is 4.79 Å². The monoisotopic (exact) mass is 197 g/mol. The second-order valence-electron chi connectivity index (χ2n) is 6.04. The minimum absolute atomic E-state index is 0.231. The molecule has 0 heterocycles. The molecule has 1 rings (SSSR count). The molecule has 0 radical (unpaired) electrons. The molecule has 82 valence electrons. The van der Waals surface area contributed by atoms with Gasteiger partial charge in [-0.15, -0.1) is 0 Å². The van der Waals surface area contributed by atoms with Gasteiger partial charge in [0.1, 0.15) is 0 Å². The highest BCUT2D eigenvalue weighted by Gasteiger charge is 2.43. The van der Waals surface area contributed by atoms with Crippen molar-refractivity contribution >= 4 is 5.78 Å². The summed E-state index contributed by atoms with van der Waals surface area (Å²) < 4.78 is 0. The summed E-state index contributed by atoms with van der Waals surface area (Å²) in [7, 11) is 0. The van der Waals surface area contributed by atoms with Gasteiger partial charge in [-0.2, -0.15) is 0 Å². The Hall–Kier alpha value is -0.370. The Morgan fingerprint density at radius 2 is 1.79 bits per heavy atom. The molecule has 2 heteroatoms. The third-order valence-electron chi connectivity index (χ3n) is 3.13. The summed E-state index contributed by atoms with van der Waals surface area (Å²) in [6.45, 7) is 8.37. The van der Waals surface area contributed by atoms with Gasteiger partial charge in [0.2, 0.25) is 0 Å². The summed E-state index contributed by atoms with van der Waals surface area (Å²) in [5, 5.41) is 0. The molecule has 0 aliphatic heterocycles. The molecule has 1 fully saturated rings. The first-order valence-corrected chi connectivity index (χ1v) is 5.56. The minimum atomic E-state index is -0.550. The second-order valence-corrected chi connectivity index (χ2v) is 6.04. The van der Waals surface area contributed by atoms with Crippen molar-refractivity contribution in [2.75, 3.05) is 0 Å². The topological polar surface area (TPSA) is 43.1 Å². The SMILES string of the molecule is CC(C)(C)CCC(=O)C(C)(N)C1CC1. The lowest BCUT2D eigenvalue weighted by Gasteiger charge is -2.25. The summed E-state index contributed by atoms with van der Waals surface area (Å²) >= 11 is 0. The highest BCUT2D eigenvalue weighted by atomic mass is 16.1. The van der Waals surface area contributed by atoms with Crippen LogP contribution >= 0.6 is 0 Å². The summed E-state index contributed by atoms with van der Waals surface area (Å²) in [5.41, 5.74) is 5.73. The summed E-state index contributed by atoms with van der Waals surface area (Å²) in [6, 6.07) is 0. The molecule has 0 aromatic rings. The van der Waals surface area contributed by atoms with Gasteiger partial charge < -0.3 is 5.73 Å². The van der Waals surface area contributed by atoms with Crippen LogP contribution in [-0.4, -0.2) is 11.3 Å². The van der Waals surface area contributed by atoms with Crippen LogP contribution in [0.25, 0.3) is 0 Å². The Morgan fingerprint density at radius 3 is 2.14 bits per heavy atom. The molecule has 0 spiro atoms. The number of hydrogen-bond acceptors (Lipinski definition) is 2. The van der Waals surface area contributed by atoms with Crippen LogP contribution in [0.2, 0.25) is 0 Å². The van der Waals surface area contributed by atoms with Gasteiger partial charge in [0.25, 0.3) is 0 Å². The van der Waals surface area contributed by atoms with E-state index in [-0.39, 0.29) is 11.2 Å². The van der Waals surface area contributed by atoms with E-state index in [1.54, 1.807) is 0 Å². The third kappa shape index (κ3) is 3.09. The number of carbonyl (C=O) groups excluding carboxylic acids is 1. The number of nitrogens with two attached hydrogens (primary N) is 1. The van der Waals surface area contributed by atoms with Crippen molar-refractivity contribution in [2.24, 2.45) is 17.1 Å². The Labute approximate surface area is 87.2 Å². The van der Waals surface area contributed by atoms with E-state index < -0.39 is 5.54 Å². The molecule has 2 nitrogen and oxygen atoms in total. The van der Waals surface area contributed by atoms with Crippen LogP contribution in [0.3, 0.4) is 0 Å². The van der Waals surface area contributed by atoms with Crippen molar-refractivity contribution < 1.29 is 4.79 Å². The van der Waals surface area contributed by atoms with Crippen LogP contribution in [0.15, 0.2) is 0 Å². The zero-order valence-electron chi connectivity index (χ0n) is 9.89. The normalized spacial score (nSPS) is 21.8. The molecular weight excluding hydrogens is 174 g/mol. The van der Waals surface area contributed by atoms with Crippen LogP contribution in [-0.2, 0) is 4.79 Å². The molecule has 14 heavy (non-hydrogen) atoms. The Kier molecular flexibility index (Phi) is 3.05. The van der Waals surface area contributed by atoms with E-state index in [1.807, 2.05) is 6.92 Å². The molecule has 1 unspecified atom stereocenters. The highest BCUT2D eigenvalue weighted by molar-refractivity contribution is 5.88. The molecular formula is C12H23NO. The van der Waals surface area contributed by atoms with Crippen molar-refractivity contribution in [1.82, 2.24) is 0 Å². The van der Waals surface area contributed by atoms with Crippen LogP contribution in [0.1, 0.15) is 53.4 Å². The first-order valence-electron chi connectivity index (χ1n) is 5.56. The van der Waals surface area contributed by atoms with Crippen molar-refractivity contribution in [3.8, 4) is 0 Å². The predicted octanol–water partition coefficient (Wildman–Crippen LogP) is 2.51. The molecule has 0 saturated heterocycles. The Balaban J connectivity index is 2.41. The third-order valence-corrected chi connectivity index (χ3v) is 3.13. The fraction of sp³-hybridized carbons (Fsp3) is 0.917. The standard InChI is InChI=1S/C12H23NO/c1-11(2,3)8-7-10(14)12(4,13)9-5-6-9/h9H,5-8,13H2,1-4H3. The molecule has 1 saturated carbocycles. The lowest BCUT2D eigenvalue weighted by Crippen LogP contribution is -2.47. The number of hydrogen-bond donors (Lipinski definition) is 1. The number of Topliss-reactive ketones (excluding diaryl/α,β-unsaturated/α-hetero) is 1. The van der Waals surface area contributed by atoms with Crippen molar-refractivity contribution in [3.05, 3.63) is 0 Å². The molecule has 2 N–H and O–H groups in total. The molecule has 0 amide bonds. The molecule has 0 aromatic carbocycles. The zero-order valence-corrected chi connectivity index (χ0v) is 9.89. The van der Waals surface area contributed by atoms with E-state index in [0.29, 0.717) is 12.3 Å². The first kappa shape index (κ1) is 11.7. The maximum atomic E-state index is 11.9. The highest BCUT2D eigenvalue weighted by Crippen LogP contribution is 2.39. The average Bonchev–Trinajstić information content (AvgIpc) is 2.80. The molecule has 0 bridgehead atoms. The van der Waals surface area contributed by atoms with E-state index in [1.165, 1.54) is 0 Å². The van der Waals surface area contributed by atoms with Crippen molar-refractivity contribution in [1.29, 1.82) is 0 Å². The maximum absolute atomic E-state index is 11.9. The lowest BCUT2D eigenvalue weighted by atomic mass is 9.83. The lowest BCUT2D eigenvalue weighted by molar-refractivity contribution is -0.124. The van der Waals surface area contributed by atoms with Crippen LogP contribution in [0.5, 0.6) is 0 Å². The van der Waals surface area contributed by atoms with Gasteiger partial charge in [0, 0.05) is 6.42 Å². The molecule has 1 aliphatic rings. The van der Waals surface area contributed by atoms with Gasteiger partial charge in [0.05, 0.1) is 5.54 Å². The van der Waals surface area contributed by atoms with Gasteiger partial charge in [-0.05, 0) is 37.5 Å². The second kappa shape index (κ2) is 3.65. The molecule has 1 aliphatic carbocycles. The zero-order chi connectivity index (χ0) is 11.0. The van der Waals surface area contributed by atoms with Gasteiger partial charge >= 0.3 is 0 Å². The maximum Gasteiger partial charge on any atom is 0.152 e. The number of rotatable bonds is 4. The van der Waals surface area contributed by atoms with Crippen molar-refractivity contribution in [2.45, 2.75) is 58.9 Å². The van der Waals surface area contributed by atoms with E-state index >= 15 is 0 Å². The fourth-order valence-corrected chi connectivity index (χ4v) is 1.67. The Bertz CT molecular complexity index is 221. The van der Waals surface area contributed by atoms with Crippen molar-refractivity contribution in [3.63, 3.8) is 0 Å². The van der Waals surface area contributed by atoms with Gasteiger partial charge in [0.15, 0.2) is 5.78 Å². The van der Waals surface area contributed by atoms with Crippen LogP contribution in [0, 0.1) is 11.3 Å².